The van der Waals surface area contributed by atoms with Crippen molar-refractivity contribution in [3.05, 3.63) is 150 Å². The van der Waals surface area contributed by atoms with E-state index in [-0.39, 0.29) is 85.3 Å². The maximum Gasteiger partial charge on any atom is 0.425 e. The molecule has 3 fully saturated rings. The standard InChI is InChI=1S/2C19H19F3N6O3.C17H21N5O2.C3H3F3O3.CH3FS/c2*1-11-6-7-12(16-25-17(31-26-16)15(29)19(20,21)22)10-27(11)18(30)13-4-2-3-5-14(13)28-23-8-9-24-28;1-12-6-7-13(15(18)11-23)10-21(12)17(24)14-4-2-3-5-16(14)22-19-8-9-20-22;4-3(5,6)1(7)2(8)9;1-3-2/h2*2-5,8-9,11-12,15,29H,6-7,10H2,1H3;2-5,8-9,12-13,18,23H,6-7,10-11H2,1H3;1,7H,(H,8,9);1H3/t11-,12-,15?;11-,12-,15-;12-,13-;;/m111../s1. The van der Waals surface area contributed by atoms with Gasteiger partial charge in [-0.1, -0.05) is 46.7 Å². The lowest BCUT2D eigenvalue weighted by Crippen LogP contribution is -2.47. The van der Waals surface area contributed by atoms with Gasteiger partial charge in [-0.3, -0.25) is 14.4 Å². The van der Waals surface area contributed by atoms with E-state index in [2.05, 4.69) is 59.9 Å². The monoisotopic (exact) mass is 1410 g/mol. The van der Waals surface area contributed by atoms with Gasteiger partial charge in [0.15, 0.2) is 11.6 Å². The summed E-state index contributed by atoms with van der Waals surface area (Å²) < 4.78 is 129. The van der Waals surface area contributed by atoms with E-state index in [0.29, 0.717) is 71.7 Å². The van der Waals surface area contributed by atoms with Gasteiger partial charge in [-0.25, -0.2) is 4.79 Å². The Hall–Kier alpha value is -9.60. The Morgan fingerprint density at radius 2 is 0.837 bits per heavy atom. The summed E-state index contributed by atoms with van der Waals surface area (Å²) in [5, 5.41) is 82.8. The van der Waals surface area contributed by atoms with Gasteiger partial charge in [0.05, 0.1) is 77.5 Å². The van der Waals surface area contributed by atoms with Gasteiger partial charge >= 0.3 is 24.5 Å². The number of carboxylic acid groups (broad SMARTS) is 1. The zero-order valence-electron chi connectivity index (χ0n) is 52.2. The van der Waals surface area contributed by atoms with Crippen LogP contribution in [0.5, 0.6) is 0 Å². The van der Waals surface area contributed by atoms with Gasteiger partial charge in [-0.2, -0.15) is 98.3 Å². The second-order valence-electron chi connectivity index (χ2n) is 22.2. The molecule has 39 heteroatoms. The lowest BCUT2D eigenvalue weighted by atomic mass is 9.89. The molecular weight excluding hydrogens is 1340 g/mol. The predicted molar refractivity (Wildman–Crippen MR) is 322 cm³/mol. The van der Waals surface area contributed by atoms with Crippen LogP contribution in [-0.4, -0.2) is 210 Å². The number of nitrogens with zero attached hydrogens (tertiary/aromatic N) is 16. The van der Waals surface area contributed by atoms with Crippen LogP contribution in [0.25, 0.3) is 17.1 Å². The molecule has 2 unspecified atom stereocenters. The third-order valence-electron chi connectivity index (χ3n) is 15.7. The molecule has 11 rings (SSSR count). The van der Waals surface area contributed by atoms with Crippen LogP contribution in [0.1, 0.15) is 138 Å². The number of piperidine rings is 3. The molecule has 3 amide bonds. The van der Waals surface area contributed by atoms with Crippen molar-refractivity contribution in [3.63, 3.8) is 0 Å². The van der Waals surface area contributed by atoms with Gasteiger partial charge in [-0.15, -0.1) is 0 Å². The number of benzene rings is 3. The number of amides is 3. The Balaban J connectivity index is 0.000000192. The van der Waals surface area contributed by atoms with E-state index in [1.54, 1.807) is 81.7 Å². The lowest BCUT2D eigenvalue weighted by molar-refractivity contribution is -0.215. The third kappa shape index (κ3) is 19.1. The molecule has 5 aromatic heterocycles. The summed E-state index contributed by atoms with van der Waals surface area (Å²) in [7, 11) is 0. The van der Waals surface area contributed by atoms with Crippen LogP contribution in [-0.2, 0) is 4.79 Å². The minimum atomic E-state index is -5.06. The predicted octanol–water partition coefficient (Wildman–Crippen LogP) is 8.06. The van der Waals surface area contributed by atoms with E-state index in [1.807, 2.05) is 39.0 Å². The summed E-state index contributed by atoms with van der Waals surface area (Å²) in [6.07, 6.45) is -9.32. The SMILES string of the molecule is CSF.C[C@@H]1CC[C@@H](C(=N)CO)CN1C(=O)c1ccccc1-n1nccn1.C[C@@H]1CC[C@@H](c2noc(C(O)C(F)(F)F)n2)CN1C(=O)c1ccccc1-n1nccn1.C[C@@H]1CC[C@@H](c2noc([C@@H](O)C(F)(F)F)n2)CN1C(=O)c1ccccc1-n1nccn1.O=C(O)C(O)C(F)(F)F. The number of carbonyl (C=O) groups excluding carboxylic acids is 3. The minimum absolute atomic E-state index is 0.0324. The molecule has 9 atom stereocenters. The van der Waals surface area contributed by atoms with Gasteiger partial charge in [0.1, 0.15) is 0 Å². The number of carboxylic acids is 1. The molecular formula is C59H65F10N17O11S. The van der Waals surface area contributed by atoms with E-state index in [4.69, 9.17) is 15.6 Å². The van der Waals surface area contributed by atoms with Crippen molar-refractivity contribution in [2.24, 2.45) is 5.92 Å². The van der Waals surface area contributed by atoms with Crippen molar-refractivity contribution < 1.29 is 97.2 Å². The number of carbonyl (C=O) groups is 4. The number of rotatable bonds is 13. The number of hydrogen-bond acceptors (Lipinski definition) is 22. The Morgan fingerprint density at radius 3 is 1.12 bits per heavy atom. The highest BCUT2D eigenvalue weighted by molar-refractivity contribution is 7.93. The van der Waals surface area contributed by atoms with Crippen LogP contribution in [0.2, 0.25) is 0 Å². The first kappa shape index (κ1) is 75.8. The van der Waals surface area contributed by atoms with Gasteiger partial charge < -0.3 is 54.7 Å². The second kappa shape index (κ2) is 33.6. The molecule has 8 heterocycles. The molecule has 3 saturated heterocycles. The number of hydrogen-bond donors (Lipinski definition) is 6. The molecule has 0 radical (unpaired) electrons. The van der Waals surface area contributed by atoms with Crippen molar-refractivity contribution in [1.82, 2.24) is 80.0 Å². The zero-order valence-corrected chi connectivity index (χ0v) is 53.0. The molecule has 8 aromatic rings. The highest BCUT2D eigenvalue weighted by atomic mass is 32.2. The fraction of sp³-hybridized carbons (Fsp3) is 0.441. The van der Waals surface area contributed by atoms with Gasteiger partial charge in [-0.05, 0) is 95.7 Å². The van der Waals surface area contributed by atoms with Gasteiger partial charge in [0.25, 0.3) is 29.5 Å². The van der Waals surface area contributed by atoms with E-state index in [9.17, 15) is 77.9 Å². The van der Waals surface area contributed by atoms with E-state index in [0.717, 1.165) is 12.8 Å². The number of nitrogens with one attached hydrogen (secondary N) is 1. The molecule has 3 aliphatic rings. The molecule has 6 N–H and O–H groups in total. The summed E-state index contributed by atoms with van der Waals surface area (Å²) in [5.74, 6) is -5.58. The number of likely N-dealkylation sites (tertiary alicyclic amines) is 3. The molecule has 0 spiro atoms. The Labute approximate surface area is 554 Å². The van der Waals surface area contributed by atoms with Crippen LogP contribution in [0.15, 0.2) is 119 Å². The maximum atomic E-state index is 13.4. The largest absolute Gasteiger partial charge is 0.479 e. The Kier molecular flexibility index (Phi) is 26.0. The fourth-order valence-corrected chi connectivity index (χ4v) is 10.4. The quantitative estimate of drug-likeness (QED) is 0.0469. The summed E-state index contributed by atoms with van der Waals surface area (Å²) in [6.45, 7) is 6.42. The maximum absolute atomic E-state index is 13.4. The smallest absolute Gasteiger partial charge is 0.425 e. The topological polar surface area (TPSA) is 373 Å². The summed E-state index contributed by atoms with van der Waals surface area (Å²) in [6, 6.07) is 20.9. The zero-order chi connectivity index (χ0) is 71.8. The van der Waals surface area contributed by atoms with Crippen LogP contribution < -0.4 is 0 Å². The number of aromatic nitrogens is 13. The second-order valence-corrected chi connectivity index (χ2v) is 22.5. The fourth-order valence-electron chi connectivity index (χ4n) is 10.4. The molecule has 0 bridgehead atoms. The van der Waals surface area contributed by atoms with Crippen LogP contribution in [0.4, 0.5) is 43.4 Å². The third-order valence-corrected chi connectivity index (χ3v) is 15.7. The minimum Gasteiger partial charge on any atom is -0.479 e. The number of aliphatic hydroxyl groups excluding tert-OH is 4. The molecule has 98 heavy (non-hydrogen) atoms. The van der Waals surface area contributed by atoms with Crippen molar-refractivity contribution >= 4 is 41.6 Å². The van der Waals surface area contributed by atoms with Crippen LogP contribution in [0, 0.1) is 11.3 Å². The van der Waals surface area contributed by atoms with E-state index >= 15 is 0 Å². The first-order valence-electron chi connectivity index (χ1n) is 29.7. The molecule has 28 nitrogen and oxygen atoms in total. The Bertz CT molecular complexity index is 3710. The first-order valence-corrected chi connectivity index (χ1v) is 30.8. The highest BCUT2D eigenvalue weighted by Gasteiger charge is 2.47. The van der Waals surface area contributed by atoms with E-state index in [1.165, 1.54) is 45.4 Å². The number of aliphatic hydroxyl groups is 4. The van der Waals surface area contributed by atoms with Crippen molar-refractivity contribution in [1.29, 1.82) is 5.41 Å². The van der Waals surface area contributed by atoms with Gasteiger partial charge in [0, 0.05) is 79.6 Å². The summed E-state index contributed by atoms with van der Waals surface area (Å²) in [5.41, 5.74) is 3.29. The summed E-state index contributed by atoms with van der Waals surface area (Å²) in [4.78, 5) is 65.9. The lowest BCUT2D eigenvalue weighted by Gasteiger charge is -2.38. The summed E-state index contributed by atoms with van der Waals surface area (Å²) >= 11 is 0.250. The molecule has 3 aliphatic heterocycles. The average Bonchev–Trinajstić information content (AvgIpc) is 1.36. The molecule has 3 aromatic carbocycles. The molecule has 0 saturated carbocycles. The van der Waals surface area contributed by atoms with Crippen molar-refractivity contribution in [2.45, 2.75) is 126 Å². The van der Waals surface area contributed by atoms with Gasteiger partial charge in [0.2, 0.25) is 18.3 Å². The first-order chi connectivity index (χ1) is 46.4. The number of para-hydroxylation sites is 3. The Morgan fingerprint density at radius 1 is 0.531 bits per heavy atom. The molecule has 528 valence electrons. The van der Waals surface area contributed by atoms with Crippen molar-refractivity contribution in [2.75, 3.05) is 32.5 Å². The van der Waals surface area contributed by atoms with Crippen LogP contribution in [0.3, 0.4) is 0 Å². The average molecular weight is 1410 g/mol. The van der Waals surface area contributed by atoms with Crippen LogP contribution >= 0.6 is 12.1 Å². The highest BCUT2D eigenvalue weighted by Crippen LogP contribution is 2.37. The number of aliphatic carboxylic acids is 1. The normalized spacial score (nSPS) is 19.7. The number of alkyl halides is 9. The molecule has 0 aliphatic carbocycles. The number of halogens is 10. The van der Waals surface area contributed by atoms with E-state index < -0.39 is 66.4 Å². The van der Waals surface area contributed by atoms with Crippen molar-refractivity contribution in [3.8, 4) is 17.1 Å².